The van der Waals surface area contributed by atoms with Crippen LogP contribution in [0.1, 0.15) is 10.4 Å². The summed E-state index contributed by atoms with van der Waals surface area (Å²) in [5, 5.41) is 1.05. The fourth-order valence-electron chi connectivity index (χ4n) is 2.84. The number of nitrogens with zero attached hydrogens (tertiary/aromatic N) is 4. The Morgan fingerprint density at radius 1 is 1.23 bits per heavy atom. The van der Waals surface area contributed by atoms with Crippen LogP contribution < -0.4 is 0 Å². The van der Waals surface area contributed by atoms with Crippen LogP contribution in [0.25, 0.3) is 16.0 Å². The Balaban J connectivity index is 1.90. The SMILES string of the molecule is CS(=O)(=O)N1CCc2c(sc3ncnc(-n4cccc4)c23)C1. The minimum absolute atomic E-state index is 0.431. The van der Waals surface area contributed by atoms with Crippen LogP contribution in [0.2, 0.25) is 0 Å². The van der Waals surface area contributed by atoms with E-state index in [-0.39, 0.29) is 0 Å². The van der Waals surface area contributed by atoms with Gasteiger partial charge >= 0.3 is 0 Å². The summed E-state index contributed by atoms with van der Waals surface area (Å²) in [6.07, 6.45) is 7.43. The molecule has 0 aliphatic carbocycles. The minimum atomic E-state index is -3.16. The molecule has 1 aliphatic rings. The zero-order chi connectivity index (χ0) is 15.3. The van der Waals surface area contributed by atoms with E-state index in [2.05, 4.69) is 9.97 Å². The van der Waals surface area contributed by atoms with E-state index < -0.39 is 10.0 Å². The quantitative estimate of drug-likeness (QED) is 0.717. The van der Waals surface area contributed by atoms with Crippen molar-refractivity contribution in [2.24, 2.45) is 0 Å². The van der Waals surface area contributed by atoms with Crippen LogP contribution in [-0.4, -0.2) is 40.1 Å². The Bertz CT molecular complexity index is 945. The van der Waals surface area contributed by atoms with E-state index in [4.69, 9.17) is 0 Å². The molecule has 4 heterocycles. The molecule has 0 bridgehead atoms. The first kappa shape index (κ1) is 13.9. The number of sulfonamides is 1. The monoisotopic (exact) mass is 334 g/mol. The van der Waals surface area contributed by atoms with Gasteiger partial charge in [0.1, 0.15) is 17.0 Å². The van der Waals surface area contributed by atoms with Crippen LogP contribution in [-0.2, 0) is 23.0 Å². The molecule has 0 unspecified atom stereocenters. The summed E-state index contributed by atoms with van der Waals surface area (Å²) in [7, 11) is -3.16. The lowest BCUT2D eigenvalue weighted by molar-refractivity contribution is 0.400. The topological polar surface area (TPSA) is 68.1 Å². The molecule has 0 saturated carbocycles. The Morgan fingerprint density at radius 2 is 2.00 bits per heavy atom. The molecule has 0 fully saturated rings. The lowest BCUT2D eigenvalue weighted by Crippen LogP contribution is -2.34. The van der Waals surface area contributed by atoms with E-state index in [1.807, 2.05) is 29.1 Å². The first-order valence-electron chi connectivity index (χ1n) is 6.88. The largest absolute Gasteiger partial charge is 0.308 e. The van der Waals surface area contributed by atoms with Gasteiger partial charge in [-0.2, -0.15) is 4.31 Å². The van der Waals surface area contributed by atoms with E-state index in [1.54, 1.807) is 17.7 Å². The van der Waals surface area contributed by atoms with Crippen molar-refractivity contribution in [1.29, 1.82) is 0 Å². The molecule has 0 saturated heterocycles. The average Bonchev–Trinajstić information content (AvgIpc) is 3.12. The summed E-state index contributed by atoms with van der Waals surface area (Å²) in [5.74, 6) is 0.861. The maximum atomic E-state index is 11.8. The molecule has 3 aromatic heterocycles. The predicted octanol–water partition coefficient (Wildman–Crippen LogP) is 1.80. The number of hydrogen-bond acceptors (Lipinski definition) is 5. The zero-order valence-corrected chi connectivity index (χ0v) is 13.6. The lowest BCUT2D eigenvalue weighted by Gasteiger charge is -2.24. The minimum Gasteiger partial charge on any atom is -0.308 e. The molecule has 4 rings (SSSR count). The van der Waals surface area contributed by atoms with Crippen molar-refractivity contribution in [3.63, 3.8) is 0 Å². The predicted molar refractivity (Wildman–Crippen MR) is 85.7 cm³/mol. The van der Waals surface area contributed by atoms with Crippen molar-refractivity contribution < 1.29 is 8.42 Å². The highest BCUT2D eigenvalue weighted by molar-refractivity contribution is 7.88. The van der Waals surface area contributed by atoms with Crippen LogP contribution in [0, 0.1) is 0 Å². The molecule has 0 amide bonds. The van der Waals surface area contributed by atoms with Gasteiger partial charge in [0, 0.05) is 30.4 Å². The maximum Gasteiger partial charge on any atom is 0.211 e. The zero-order valence-electron chi connectivity index (χ0n) is 11.9. The number of aromatic nitrogens is 3. The van der Waals surface area contributed by atoms with Crippen LogP contribution in [0.4, 0.5) is 0 Å². The van der Waals surface area contributed by atoms with Crippen LogP contribution in [0.5, 0.6) is 0 Å². The highest BCUT2D eigenvalue weighted by Gasteiger charge is 2.28. The van der Waals surface area contributed by atoms with E-state index in [0.717, 1.165) is 20.9 Å². The standard InChI is InChI=1S/C14H14N4O2S2/c1-22(19,20)18-7-4-10-11(8-18)21-14-12(10)13(15-9-16-14)17-5-2-3-6-17/h2-3,5-6,9H,4,7-8H2,1H3. The fourth-order valence-corrected chi connectivity index (χ4v) is 4.91. The van der Waals surface area contributed by atoms with E-state index in [0.29, 0.717) is 19.5 Å². The van der Waals surface area contributed by atoms with Crippen molar-refractivity contribution in [3.05, 3.63) is 41.3 Å². The van der Waals surface area contributed by atoms with Gasteiger partial charge in [0.15, 0.2) is 0 Å². The van der Waals surface area contributed by atoms with E-state index in [1.165, 1.54) is 16.1 Å². The van der Waals surface area contributed by atoms with E-state index in [9.17, 15) is 8.42 Å². The third-order valence-corrected chi connectivity index (χ3v) is 6.27. The van der Waals surface area contributed by atoms with Crippen LogP contribution in [0.15, 0.2) is 30.9 Å². The highest BCUT2D eigenvalue weighted by Crippen LogP contribution is 2.36. The van der Waals surface area contributed by atoms with Crippen molar-refractivity contribution in [1.82, 2.24) is 18.8 Å². The Labute approximate surface area is 132 Å². The van der Waals surface area contributed by atoms with Gasteiger partial charge in [-0.3, -0.25) is 0 Å². The highest BCUT2D eigenvalue weighted by atomic mass is 32.2. The first-order valence-corrected chi connectivity index (χ1v) is 9.54. The molecule has 0 atom stereocenters. The lowest BCUT2D eigenvalue weighted by atomic mass is 10.1. The number of thiophene rings is 1. The van der Waals surface area contributed by atoms with Crippen molar-refractivity contribution in [2.45, 2.75) is 13.0 Å². The maximum absolute atomic E-state index is 11.8. The summed E-state index contributed by atoms with van der Waals surface area (Å²) in [4.78, 5) is 10.8. The number of fused-ring (bicyclic) bond motifs is 3. The van der Waals surface area contributed by atoms with E-state index >= 15 is 0 Å². The smallest absolute Gasteiger partial charge is 0.211 e. The van der Waals surface area contributed by atoms with Crippen molar-refractivity contribution >= 4 is 31.6 Å². The van der Waals surface area contributed by atoms with Gasteiger partial charge in [-0.05, 0) is 24.1 Å². The van der Waals surface area contributed by atoms with Gasteiger partial charge in [-0.25, -0.2) is 18.4 Å². The second-order valence-corrected chi connectivity index (χ2v) is 8.38. The molecule has 0 N–H and O–H groups in total. The second kappa shape index (κ2) is 4.87. The molecule has 0 aromatic carbocycles. The molecule has 1 aliphatic heterocycles. The van der Waals surface area contributed by atoms with Gasteiger partial charge < -0.3 is 4.57 Å². The Morgan fingerprint density at radius 3 is 2.73 bits per heavy atom. The number of rotatable bonds is 2. The summed E-state index contributed by atoms with van der Waals surface area (Å²) >= 11 is 1.56. The Hall–Kier alpha value is -1.77. The molecule has 114 valence electrons. The second-order valence-electron chi connectivity index (χ2n) is 5.32. The Kier molecular flexibility index (Phi) is 3.07. The van der Waals surface area contributed by atoms with Crippen molar-refractivity contribution in [3.8, 4) is 5.82 Å². The van der Waals surface area contributed by atoms with Gasteiger partial charge in [0.05, 0.1) is 11.6 Å². The molecule has 3 aromatic rings. The van der Waals surface area contributed by atoms with Gasteiger partial charge in [-0.15, -0.1) is 11.3 Å². The third-order valence-electron chi connectivity index (χ3n) is 3.90. The molecule has 0 spiro atoms. The molecule has 22 heavy (non-hydrogen) atoms. The first-order chi connectivity index (χ1) is 10.5. The molecule has 6 nitrogen and oxygen atoms in total. The van der Waals surface area contributed by atoms with Gasteiger partial charge in [-0.1, -0.05) is 0 Å². The van der Waals surface area contributed by atoms with Crippen LogP contribution in [0.3, 0.4) is 0 Å². The summed E-state index contributed by atoms with van der Waals surface area (Å²) in [5.41, 5.74) is 1.18. The average molecular weight is 334 g/mol. The van der Waals surface area contributed by atoms with Crippen LogP contribution >= 0.6 is 11.3 Å². The molecule has 0 radical (unpaired) electrons. The fraction of sp³-hybridized carbons (Fsp3) is 0.286. The summed E-state index contributed by atoms with van der Waals surface area (Å²) < 4.78 is 27.0. The molecular formula is C14H14N4O2S2. The summed E-state index contributed by atoms with van der Waals surface area (Å²) in [6, 6.07) is 3.91. The normalized spacial score (nSPS) is 16.0. The summed E-state index contributed by atoms with van der Waals surface area (Å²) in [6.45, 7) is 0.942. The molecule has 8 heteroatoms. The van der Waals surface area contributed by atoms with Gasteiger partial charge in [0.2, 0.25) is 10.0 Å². The van der Waals surface area contributed by atoms with Crippen molar-refractivity contribution in [2.75, 3.05) is 12.8 Å². The number of hydrogen-bond donors (Lipinski definition) is 0. The molecular weight excluding hydrogens is 320 g/mol. The third kappa shape index (κ3) is 2.15. The van der Waals surface area contributed by atoms with Gasteiger partial charge in [0.25, 0.3) is 0 Å².